The molecular weight excluding hydrogens is 265 g/mol. The summed E-state index contributed by atoms with van der Waals surface area (Å²) in [7, 11) is 0. The van der Waals surface area contributed by atoms with Gasteiger partial charge in [-0.25, -0.2) is 0 Å². The molecule has 1 heterocycles. The lowest BCUT2D eigenvalue weighted by Crippen LogP contribution is -1.84. The van der Waals surface area contributed by atoms with Crippen molar-refractivity contribution in [3.05, 3.63) is 58.2 Å². The van der Waals surface area contributed by atoms with Gasteiger partial charge < -0.3 is 4.98 Å². The Bertz CT molecular complexity index is 708. The first-order valence-electron chi connectivity index (χ1n) is 5.69. The lowest BCUT2D eigenvalue weighted by Gasteiger charge is -2.09. The summed E-state index contributed by atoms with van der Waals surface area (Å²) in [5, 5.41) is 2.53. The normalized spacial score (nSPS) is 11.1. The molecule has 0 aliphatic rings. The van der Waals surface area contributed by atoms with Crippen molar-refractivity contribution in [2.75, 3.05) is 0 Å². The van der Waals surface area contributed by atoms with E-state index in [9.17, 15) is 0 Å². The van der Waals surface area contributed by atoms with Crippen molar-refractivity contribution in [2.45, 2.75) is 6.92 Å². The molecule has 3 rings (SSSR count). The number of hydrogen-bond donors (Lipinski definition) is 1. The van der Waals surface area contributed by atoms with Crippen molar-refractivity contribution in [3.63, 3.8) is 0 Å². The van der Waals surface area contributed by atoms with E-state index in [1.807, 2.05) is 30.5 Å². The third-order valence-electron chi connectivity index (χ3n) is 3.14. The van der Waals surface area contributed by atoms with Gasteiger partial charge in [0, 0.05) is 32.7 Å². The van der Waals surface area contributed by atoms with E-state index in [1.54, 1.807) is 0 Å². The van der Waals surface area contributed by atoms with Crippen molar-refractivity contribution in [1.29, 1.82) is 0 Å². The monoisotopic (exact) mass is 275 g/mol. The van der Waals surface area contributed by atoms with E-state index in [0.29, 0.717) is 10.0 Å². The third kappa shape index (κ3) is 1.71. The van der Waals surface area contributed by atoms with Crippen molar-refractivity contribution in [2.24, 2.45) is 0 Å². The molecule has 0 saturated heterocycles. The van der Waals surface area contributed by atoms with Gasteiger partial charge in [-0.1, -0.05) is 41.4 Å². The molecule has 0 saturated carbocycles. The SMILES string of the molecule is Cc1c[nH]c2cccc(-c3c(Cl)cccc3Cl)c12. The summed E-state index contributed by atoms with van der Waals surface area (Å²) in [5.74, 6) is 0. The predicted octanol–water partition coefficient (Wildman–Crippen LogP) is 5.45. The summed E-state index contributed by atoms with van der Waals surface area (Å²) in [6.45, 7) is 2.08. The van der Waals surface area contributed by atoms with Gasteiger partial charge in [0.15, 0.2) is 0 Å². The summed E-state index contributed by atoms with van der Waals surface area (Å²) < 4.78 is 0. The largest absolute Gasteiger partial charge is 0.361 e. The lowest BCUT2D eigenvalue weighted by atomic mass is 9.99. The molecule has 3 heteroatoms. The van der Waals surface area contributed by atoms with E-state index in [2.05, 4.69) is 24.0 Å². The number of hydrogen-bond acceptors (Lipinski definition) is 0. The van der Waals surface area contributed by atoms with E-state index in [1.165, 1.54) is 10.9 Å². The highest BCUT2D eigenvalue weighted by molar-refractivity contribution is 6.39. The zero-order chi connectivity index (χ0) is 12.7. The van der Waals surface area contributed by atoms with Gasteiger partial charge in [-0.3, -0.25) is 0 Å². The molecule has 0 radical (unpaired) electrons. The second-order valence-corrected chi connectivity index (χ2v) is 5.11. The van der Waals surface area contributed by atoms with Crippen molar-refractivity contribution in [3.8, 4) is 11.1 Å². The maximum atomic E-state index is 6.29. The van der Waals surface area contributed by atoms with Gasteiger partial charge in [0.25, 0.3) is 0 Å². The van der Waals surface area contributed by atoms with Crippen LogP contribution in [-0.4, -0.2) is 4.98 Å². The quantitative estimate of drug-likeness (QED) is 0.608. The fourth-order valence-electron chi connectivity index (χ4n) is 2.32. The number of aromatic nitrogens is 1. The van der Waals surface area contributed by atoms with Gasteiger partial charge in [-0.05, 0) is 36.2 Å². The van der Waals surface area contributed by atoms with Gasteiger partial charge >= 0.3 is 0 Å². The van der Waals surface area contributed by atoms with Crippen LogP contribution < -0.4 is 0 Å². The molecule has 1 aromatic heterocycles. The second kappa shape index (κ2) is 4.34. The molecule has 1 nitrogen and oxygen atoms in total. The van der Waals surface area contributed by atoms with Crippen LogP contribution in [-0.2, 0) is 0 Å². The average Bonchev–Trinajstić information content (AvgIpc) is 2.72. The summed E-state index contributed by atoms with van der Waals surface area (Å²) in [6.07, 6.45) is 2.00. The smallest absolute Gasteiger partial charge is 0.0499 e. The first-order chi connectivity index (χ1) is 8.68. The maximum Gasteiger partial charge on any atom is 0.0499 e. The standard InChI is InChI=1S/C15H11Cl2N/c1-9-8-18-13-7-2-4-10(14(9)13)15-11(16)5-3-6-12(15)17/h2-8,18H,1H3. The molecule has 90 valence electrons. The summed E-state index contributed by atoms with van der Waals surface area (Å²) in [4.78, 5) is 3.25. The third-order valence-corrected chi connectivity index (χ3v) is 3.77. The van der Waals surface area contributed by atoms with Gasteiger partial charge in [-0.2, -0.15) is 0 Å². The van der Waals surface area contributed by atoms with E-state index in [0.717, 1.165) is 16.6 Å². The summed E-state index contributed by atoms with van der Waals surface area (Å²) >= 11 is 12.6. The number of benzene rings is 2. The summed E-state index contributed by atoms with van der Waals surface area (Å²) in [5.41, 5.74) is 4.26. The Morgan fingerprint density at radius 3 is 2.33 bits per heavy atom. The molecule has 1 N–H and O–H groups in total. The molecular formula is C15H11Cl2N. The van der Waals surface area contributed by atoms with Gasteiger partial charge in [0.05, 0.1) is 0 Å². The Kier molecular flexibility index (Phi) is 2.81. The molecule has 3 aromatic rings. The highest BCUT2D eigenvalue weighted by Gasteiger charge is 2.13. The van der Waals surface area contributed by atoms with Crippen LogP contribution in [0.2, 0.25) is 10.0 Å². The number of aromatic amines is 1. The Balaban J connectivity index is 2.42. The zero-order valence-electron chi connectivity index (χ0n) is 9.80. The highest BCUT2D eigenvalue weighted by atomic mass is 35.5. The Labute approximate surface area is 115 Å². The van der Waals surface area contributed by atoms with Crippen molar-refractivity contribution >= 4 is 34.1 Å². The molecule has 0 fully saturated rings. The van der Waals surface area contributed by atoms with Crippen LogP contribution in [0.5, 0.6) is 0 Å². The van der Waals surface area contributed by atoms with Crippen LogP contribution in [0.4, 0.5) is 0 Å². The van der Waals surface area contributed by atoms with Crippen LogP contribution in [0, 0.1) is 6.92 Å². The number of aryl methyl sites for hydroxylation is 1. The van der Waals surface area contributed by atoms with Crippen LogP contribution in [0.15, 0.2) is 42.6 Å². The first kappa shape index (κ1) is 11.6. The fourth-order valence-corrected chi connectivity index (χ4v) is 2.92. The summed E-state index contributed by atoms with van der Waals surface area (Å²) in [6, 6.07) is 11.7. The van der Waals surface area contributed by atoms with E-state index in [4.69, 9.17) is 23.2 Å². The minimum Gasteiger partial charge on any atom is -0.361 e. The number of rotatable bonds is 1. The fraction of sp³-hybridized carbons (Fsp3) is 0.0667. The van der Waals surface area contributed by atoms with Crippen LogP contribution in [0.3, 0.4) is 0 Å². The number of H-pyrrole nitrogens is 1. The Hall–Kier alpha value is -1.44. The average molecular weight is 276 g/mol. The molecule has 0 spiro atoms. The molecule has 0 atom stereocenters. The van der Waals surface area contributed by atoms with Crippen LogP contribution in [0.1, 0.15) is 5.56 Å². The van der Waals surface area contributed by atoms with E-state index < -0.39 is 0 Å². The van der Waals surface area contributed by atoms with E-state index in [-0.39, 0.29) is 0 Å². The molecule has 0 unspecified atom stereocenters. The zero-order valence-corrected chi connectivity index (χ0v) is 11.3. The van der Waals surface area contributed by atoms with Crippen LogP contribution in [0.25, 0.3) is 22.0 Å². The molecule has 0 amide bonds. The molecule has 0 aliphatic heterocycles. The molecule has 2 aromatic carbocycles. The molecule has 0 aliphatic carbocycles. The van der Waals surface area contributed by atoms with Crippen molar-refractivity contribution < 1.29 is 0 Å². The minimum atomic E-state index is 0.676. The van der Waals surface area contributed by atoms with Crippen molar-refractivity contribution in [1.82, 2.24) is 4.98 Å². The number of halogens is 2. The highest BCUT2D eigenvalue weighted by Crippen LogP contribution is 2.39. The van der Waals surface area contributed by atoms with Crippen LogP contribution >= 0.6 is 23.2 Å². The maximum absolute atomic E-state index is 6.29. The Morgan fingerprint density at radius 1 is 0.944 bits per heavy atom. The first-order valence-corrected chi connectivity index (χ1v) is 6.45. The Morgan fingerprint density at radius 2 is 1.61 bits per heavy atom. The van der Waals surface area contributed by atoms with E-state index >= 15 is 0 Å². The van der Waals surface area contributed by atoms with Gasteiger partial charge in [0.2, 0.25) is 0 Å². The lowest BCUT2D eigenvalue weighted by molar-refractivity contribution is 1.43. The topological polar surface area (TPSA) is 15.8 Å². The number of fused-ring (bicyclic) bond motifs is 1. The second-order valence-electron chi connectivity index (χ2n) is 4.30. The van der Waals surface area contributed by atoms with Gasteiger partial charge in [0.1, 0.15) is 0 Å². The van der Waals surface area contributed by atoms with Gasteiger partial charge in [-0.15, -0.1) is 0 Å². The number of nitrogens with one attached hydrogen (secondary N) is 1. The molecule has 0 bridgehead atoms. The molecule has 18 heavy (non-hydrogen) atoms. The predicted molar refractivity (Wildman–Crippen MR) is 78.5 cm³/mol. The minimum absolute atomic E-state index is 0.676.